The Hall–Kier alpha value is -2.17. The number of carbonyl (C=O) groups excluding carboxylic acids is 3. The van der Waals surface area contributed by atoms with Crippen molar-refractivity contribution in [3.8, 4) is 0 Å². The molecular formula is C20H30N2O3. The molecule has 0 unspecified atom stereocenters. The standard InChI is InChI=1S/C20H30N2O3/c1-15(13-18-9-5-4-6-10-18)14-20(25)19(22-17(3)24)11-7-8-12-21-16(2)23/h4-6,9-10,15,19H,7-8,11-14H2,1-3H3,(H,21,23)(H,22,24)/t15-,19-/m0/s1. The highest BCUT2D eigenvalue weighted by Crippen LogP contribution is 2.14. The fourth-order valence-corrected chi connectivity index (χ4v) is 2.87. The Labute approximate surface area is 150 Å². The number of Topliss-reactive ketones (excluding diaryl/α,β-unsaturated/α-hetero) is 1. The molecule has 0 aliphatic carbocycles. The fourth-order valence-electron chi connectivity index (χ4n) is 2.87. The third-order valence-electron chi connectivity index (χ3n) is 4.04. The van der Waals surface area contributed by atoms with Gasteiger partial charge in [0.2, 0.25) is 11.8 Å². The van der Waals surface area contributed by atoms with Gasteiger partial charge in [0.15, 0.2) is 5.78 Å². The number of benzene rings is 1. The molecule has 0 fully saturated rings. The normalized spacial score (nSPS) is 12.9. The highest BCUT2D eigenvalue weighted by atomic mass is 16.2. The predicted octanol–water partition coefficient (Wildman–Crippen LogP) is 2.64. The van der Waals surface area contributed by atoms with Crippen molar-refractivity contribution in [2.45, 2.75) is 58.9 Å². The van der Waals surface area contributed by atoms with Crippen LogP contribution in [0.2, 0.25) is 0 Å². The fraction of sp³-hybridized carbons (Fsp3) is 0.550. The second-order valence-corrected chi connectivity index (χ2v) is 6.70. The number of nitrogens with one attached hydrogen (secondary N) is 2. The Kier molecular flexibility index (Phi) is 9.51. The molecule has 0 radical (unpaired) electrons. The summed E-state index contributed by atoms with van der Waals surface area (Å²) in [6.45, 7) is 5.58. The van der Waals surface area contributed by atoms with E-state index < -0.39 is 6.04 Å². The molecule has 0 aromatic heterocycles. The molecule has 0 heterocycles. The van der Waals surface area contributed by atoms with Crippen LogP contribution in [-0.2, 0) is 20.8 Å². The van der Waals surface area contributed by atoms with Crippen LogP contribution in [0, 0.1) is 5.92 Å². The van der Waals surface area contributed by atoms with Crippen molar-refractivity contribution in [2.75, 3.05) is 6.54 Å². The van der Waals surface area contributed by atoms with Crippen molar-refractivity contribution in [2.24, 2.45) is 5.92 Å². The summed E-state index contributed by atoms with van der Waals surface area (Å²) in [5.41, 5.74) is 1.22. The van der Waals surface area contributed by atoms with Crippen molar-refractivity contribution in [1.82, 2.24) is 10.6 Å². The molecule has 0 spiro atoms. The van der Waals surface area contributed by atoms with Gasteiger partial charge in [0.1, 0.15) is 0 Å². The number of amides is 2. The highest BCUT2D eigenvalue weighted by Gasteiger charge is 2.21. The molecule has 0 bridgehead atoms. The van der Waals surface area contributed by atoms with Gasteiger partial charge < -0.3 is 10.6 Å². The first-order valence-corrected chi connectivity index (χ1v) is 8.96. The Balaban J connectivity index is 2.45. The van der Waals surface area contributed by atoms with Crippen LogP contribution in [0.5, 0.6) is 0 Å². The van der Waals surface area contributed by atoms with Crippen molar-refractivity contribution in [3.05, 3.63) is 35.9 Å². The third-order valence-corrected chi connectivity index (χ3v) is 4.04. The van der Waals surface area contributed by atoms with Crippen LogP contribution in [0.1, 0.15) is 52.0 Å². The lowest BCUT2D eigenvalue weighted by atomic mass is 9.92. The topological polar surface area (TPSA) is 75.3 Å². The molecule has 5 heteroatoms. The van der Waals surface area contributed by atoms with Crippen LogP contribution in [-0.4, -0.2) is 30.2 Å². The molecule has 2 N–H and O–H groups in total. The van der Waals surface area contributed by atoms with Crippen LogP contribution < -0.4 is 10.6 Å². The maximum Gasteiger partial charge on any atom is 0.217 e. The Bertz CT molecular complexity index is 557. The average molecular weight is 346 g/mol. The summed E-state index contributed by atoms with van der Waals surface area (Å²) >= 11 is 0. The summed E-state index contributed by atoms with van der Waals surface area (Å²) in [4.78, 5) is 34.8. The number of rotatable bonds is 11. The predicted molar refractivity (Wildman–Crippen MR) is 99.1 cm³/mol. The minimum Gasteiger partial charge on any atom is -0.356 e. The summed E-state index contributed by atoms with van der Waals surface area (Å²) in [5, 5.41) is 5.51. The molecule has 1 aromatic carbocycles. The summed E-state index contributed by atoms with van der Waals surface area (Å²) in [6.07, 6.45) is 3.48. The van der Waals surface area contributed by atoms with E-state index in [-0.39, 0.29) is 23.5 Å². The molecule has 1 aromatic rings. The molecule has 2 atom stereocenters. The Morgan fingerprint density at radius 1 is 1.00 bits per heavy atom. The number of hydrogen-bond donors (Lipinski definition) is 2. The van der Waals surface area contributed by atoms with Crippen LogP contribution in [0.4, 0.5) is 0 Å². The van der Waals surface area contributed by atoms with Gasteiger partial charge in [0.25, 0.3) is 0 Å². The first kappa shape index (κ1) is 20.9. The van der Waals surface area contributed by atoms with E-state index >= 15 is 0 Å². The molecule has 0 saturated carbocycles. The van der Waals surface area contributed by atoms with E-state index in [2.05, 4.69) is 29.7 Å². The largest absolute Gasteiger partial charge is 0.356 e. The number of ketones is 1. The number of hydrogen-bond acceptors (Lipinski definition) is 3. The second kappa shape index (κ2) is 11.4. The van der Waals surface area contributed by atoms with Crippen LogP contribution in [0.25, 0.3) is 0 Å². The number of carbonyl (C=O) groups is 3. The highest BCUT2D eigenvalue weighted by molar-refractivity contribution is 5.88. The summed E-state index contributed by atoms with van der Waals surface area (Å²) in [7, 11) is 0. The molecule has 1 rings (SSSR count). The maximum absolute atomic E-state index is 12.6. The molecule has 0 aliphatic heterocycles. The van der Waals surface area contributed by atoms with Gasteiger partial charge in [-0.2, -0.15) is 0 Å². The van der Waals surface area contributed by atoms with Gasteiger partial charge in [-0.25, -0.2) is 0 Å². The minimum atomic E-state index is -0.437. The summed E-state index contributed by atoms with van der Waals surface area (Å²) < 4.78 is 0. The monoisotopic (exact) mass is 346 g/mol. The van der Waals surface area contributed by atoms with E-state index in [0.717, 1.165) is 19.3 Å². The van der Waals surface area contributed by atoms with E-state index in [9.17, 15) is 14.4 Å². The first-order chi connectivity index (χ1) is 11.9. The van der Waals surface area contributed by atoms with Gasteiger partial charge in [0, 0.05) is 26.8 Å². The zero-order valence-electron chi connectivity index (χ0n) is 15.5. The quantitative estimate of drug-likeness (QED) is 0.605. The lowest BCUT2D eigenvalue weighted by Crippen LogP contribution is -2.40. The van der Waals surface area contributed by atoms with E-state index in [1.807, 2.05) is 18.2 Å². The molecule has 0 saturated heterocycles. The molecule has 2 amide bonds. The van der Waals surface area contributed by atoms with Crippen molar-refractivity contribution >= 4 is 17.6 Å². The van der Waals surface area contributed by atoms with Crippen LogP contribution >= 0.6 is 0 Å². The first-order valence-electron chi connectivity index (χ1n) is 8.96. The zero-order valence-corrected chi connectivity index (χ0v) is 15.5. The van der Waals surface area contributed by atoms with Crippen molar-refractivity contribution in [1.29, 1.82) is 0 Å². The lowest BCUT2D eigenvalue weighted by molar-refractivity contribution is -0.127. The molecule has 138 valence electrons. The van der Waals surface area contributed by atoms with Gasteiger partial charge in [-0.15, -0.1) is 0 Å². The van der Waals surface area contributed by atoms with E-state index in [4.69, 9.17) is 0 Å². The van der Waals surface area contributed by atoms with E-state index in [0.29, 0.717) is 19.4 Å². The lowest BCUT2D eigenvalue weighted by Gasteiger charge is -2.19. The van der Waals surface area contributed by atoms with Crippen LogP contribution in [0.3, 0.4) is 0 Å². The van der Waals surface area contributed by atoms with Gasteiger partial charge in [-0.1, -0.05) is 37.3 Å². The maximum atomic E-state index is 12.6. The molecule has 0 aliphatic rings. The van der Waals surface area contributed by atoms with Gasteiger partial charge in [0.05, 0.1) is 6.04 Å². The average Bonchev–Trinajstić information content (AvgIpc) is 2.53. The molecule has 25 heavy (non-hydrogen) atoms. The van der Waals surface area contributed by atoms with E-state index in [1.165, 1.54) is 19.4 Å². The summed E-state index contributed by atoms with van der Waals surface area (Å²) in [6, 6.07) is 9.67. The molecular weight excluding hydrogens is 316 g/mol. The zero-order chi connectivity index (χ0) is 18.7. The Morgan fingerprint density at radius 2 is 1.68 bits per heavy atom. The SMILES string of the molecule is CC(=O)NCCCC[C@H](NC(C)=O)C(=O)C[C@@H](C)Cc1ccccc1. The van der Waals surface area contributed by atoms with Gasteiger partial charge in [-0.05, 0) is 37.2 Å². The smallest absolute Gasteiger partial charge is 0.217 e. The van der Waals surface area contributed by atoms with Crippen LogP contribution in [0.15, 0.2) is 30.3 Å². The van der Waals surface area contributed by atoms with Crippen molar-refractivity contribution < 1.29 is 14.4 Å². The van der Waals surface area contributed by atoms with Gasteiger partial charge >= 0.3 is 0 Å². The number of unbranched alkanes of at least 4 members (excludes halogenated alkanes) is 1. The Morgan fingerprint density at radius 3 is 2.28 bits per heavy atom. The summed E-state index contributed by atoms with van der Waals surface area (Å²) in [5.74, 6) is 0.0730. The molecule has 5 nitrogen and oxygen atoms in total. The minimum absolute atomic E-state index is 0.0516. The van der Waals surface area contributed by atoms with Crippen molar-refractivity contribution in [3.63, 3.8) is 0 Å². The van der Waals surface area contributed by atoms with Gasteiger partial charge in [-0.3, -0.25) is 14.4 Å². The van der Waals surface area contributed by atoms with E-state index in [1.54, 1.807) is 0 Å². The third kappa shape index (κ3) is 9.65. The second-order valence-electron chi connectivity index (χ2n) is 6.70.